The highest BCUT2D eigenvalue weighted by Crippen LogP contribution is 2.42. The maximum atomic E-state index is 14.0. The maximum Gasteiger partial charge on any atom is 0.257 e. The molecule has 6 heteroatoms. The lowest BCUT2D eigenvalue weighted by molar-refractivity contribution is -0.173. The first-order chi connectivity index (χ1) is 16.2. The molecule has 2 saturated heterocycles. The Balaban J connectivity index is 1.42. The number of carbonyl (C=O) groups is 1. The van der Waals surface area contributed by atoms with Gasteiger partial charge in [-0.1, -0.05) is 37.3 Å². The van der Waals surface area contributed by atoms with E-state index < -0.39 is 5.60 Å². The van der Waals surface area contributed by atoms with Crippen LogP contribution in [0.3, 0.4) is 0 Å². The molecule has 4 heterocycles. The van der Waals surface area contributed by atoms with Gasteiger partial charge in [-0.25, -0.2) is 0 Å². The highest BCUT2D eigenvalue weighted by Gasteiger charge is 2.56. The van der Waals surface area contributed by atoms with Crippen LogP contribution in [0.2, 0.25) is 0 Å². The van der Waals surface area contributed by atoms with Crippen LogP contribution in [0.5, 0.6) is 0 Å². The second-order valence-corrected chi connectivity index (χ2v) is 9.00. The van der Waals surface area contributed by atoms with Gasteiger partial charge in [-0.05, 0) is 46.9 Å². The van der Waals surface area contributed by atoms with Gasteiger partial charge in [0.05, 0.1) is 6.61 Å². The number of likely N-dealkylation sites (tertiary alicyclic amines) is 1. The summed E-state index contributed by atoms with van der Waals surface area (Å²) in [6.07, 6.45) is 8.24. The number of ether oxygens (including phenoxy) is 1. The monoisotopic (exact) mass is 442 g/mol. The largest absolute Gasteiger partial charge is 0.361 e. The van der Waals surface area contributed by atoms with E-state index in [2.05, 4.69) is 52.1 Å². The lowest BCUT2D eigenvalue weighted by atomic mass is 9.83. The smallest absolute Gasteiger partial charge is 0.257 e. The molecule has 33 heavy (non-hydrogen) atoms. The number of rotatable bonds is 6. The number of nitrogens with zero attached hydrogens (tertiary/aromatic N) is 4. The van der Waals surface area contributed by atoms with E-state index in [1.165, 1.54) is 11.1 Å². The minimum absolute atomic E-state index is 0.0612. The van der Waals surface area contributed by atoms with Gasteiger partial charge in [0.2, 0.25) is 0 Å². The molecule has 1 aromatic carbocycles. The van der Waals surface area contributed by atoms with E-state index in [0.717, 1.165) is 30.6 Å². The Morgan fingerprint density at radius 2 is 1.73 bits per heavy atom. The second kappa shape index (κ2) is 9.41. The van der Waals surface area contributed by atoms with Crippen molar-refractivity contribution in [3.8, 4) is 0 Å². The molecule has 0 aliphatic carbocycles. The average Bonchev–Trinajstić information content (AvgIpc) is 3.22. The molecule has 2 atom stereocenters. The lowest BCUT2D eigenvalue weighted by Gasteiger charge is -2.42. The fraction of sp³-hybridized carbons (Fsp3) is 0.370. The Morgan fingerprint density at radius 1 is 0.970 bits per heavy atom. The summed E-state index contributed by atoms with van der Waals surface area (Å²) < 4.78 is 6.41. The number of carbonyl (C=O) groups excluding carboxylic acids is 1. The number of hydrogen-bond acceptors (Lipinski definition) is 5. The van der Waals surface area contributed by atoms with Crippen molar-refractivity contribution in [1.82, 2.24) is 19.8 Å². The number of amides is 1. The highest BCUT2D eigenvalue weighted by atomic mass is 16.5. The van der Waals surface area contributed by atoms with Crippen LogP contribution in [-0.4, -0.2) is 57.5 Å². The van der Waals surface area contributed by atoms with Crippen LogP contribution in [0, 0.1) is 0 Å². The van der Waals surface area contributed by atoms with Crippen LogP contribution < -0.4 is 0 Å². The number of benzene rings is 1. The summed E-state index contributed by atoms with van der Waals surface area (Å²) in [5.41, 5.74) is 3.84. The maximum absolute atomic E-state index is 14.0. The topological polar surface area (TPSA) is 58.6 Å². The summed E-state index contributed by atoms with van der Waals surface area (Å²) in [5, 5.41) is 0. The van der Waals surface area contributed by atoms with Crippen molar-refractivity contribution in [2.24, 2.45) is 0 Å². The summed E-state index contributed by atoms with van der Waals surface area (Å²) in [4.78, 5) is 26.7. The standard InChI is InChI=1S/C27H30N4O2/c1-2-21-5-7-22(8-6-21)17-30-19-25(24-4-3-11-29-16-24)27(20-30)26(32)31(14-15-33-27)18-23-9-12-28-13-10-23/h3-13,16,25H,2,14-15,17-20H2,1H3. The fourth-order valence-corrected chi connectivity index (χ4v) is 5.12. The normalized spacial score (nSPS) is 23.4. The molecule has 3 aromatic rings. The summed E-state index contributed by atoms with van der Waals surface area (Å²) in [7, 11) is 0. The molecule has 1 amide bonds. The van der Waals surface area contributed by atoms with E-state index in [1.54, 1.807) is 18.6 Å². The van der Waals surface area contributed by atoms with Crippen molar-refractivity contribution in [3.05, 3.63) is 95.6 Å². The zero-order valence-corrected chi connectivity index (χ0v) is 19.1. The summed E-state index contributed by atoms with van der Waals surface area (Å²) in [6, 6.07) is 16.7. The lowest BCUT2D eigenvalue weighted by Crippen LogP contribution is -2.59. The predicted octanol–water partition coefficient (Wildman–Crippen LogP) is 3.44. The molecule has 0 saturated carbocycles. The van der Waals surface area contributed by atoms with Crippen molar-refractivity contribution in [1.29, 1.82) is 0 Å². The first-order valence-electron chi connectivity index (χ1n) is 11.7. The summed E-state index contributed by atoms with van der Waals surface area (Å²) in [6.45, 7) is 6.01. The molecule has 0 N–H and O–H groups in total. The fourth-order valence-electron chi connectivity index (χ4n) is 5.12. The van der Waals surface area contributed by atoms with Crippen LogP contribution in [-0.2, 0) is 29.0 Å². The van der Waals surface area contributed by atoms with Gasteiger partial charge in [-0.3, -0.25) is 19.7 Å². The zero-order valence-electron chi connectivity index (χ0n) is 19.1. The van der Waals surface area contributed by atoms with Crippen LogP contribution >= 0.6 is 0 Å². The van der Waals surface area contributed by atoms with Crippen LogP contribution in [0.15, 0.2) is 73.3 Å². The SMILES string of the molecule is CCc1ccc(CN2CC(c3cccnc3)C3(C2)OCCN(Cc2ccncc2)C3=O)cc1. The highest BCUT2D eigenvalue weighted by molar-refractivity contribution is 5.88. The van der Waals surface area contributed by atoms with Gasteiger partial charge in [0.25, 0.3) is 5.91 Å². The average molecular weight is 443 g/mol. The van der Waals surface area contributed by atoms with Crippen LogP contribution in [0.4, 0.5) is 0 Å². The number of morpholine rings is 1. The minimum atomic E-state index is -0.891. The first-order valence-corrected chi connectivity index (χ1v) is 11.7. The van der Waals surface area contributed by atoms with Gasteiger partial charge < -0.3 is 9.64 Å². The minimum Gasteiger partial charge on any atom is -0.361 e. The van der Waals surface area contributed by atoms with Gasteiger partial charge in [-0.15, -0.1) is 0 Å². The van der Waals surface area contributed by atoms with Gasteiger partial charge in [0.1, 0.15) is 0 Å². The third kappa shape index (κ3) is 4.41. The van der Waals surface area contributed by atoms with E-state index in [-0.39, 0.29) is 11.8 Å². The van der Waals surface area contributed by atoms with Crippen LogP contribution in [0.1, 0.15) is 35.1 Å². The van der Waals surface area contributed by atoms with E-state index in [1.807, 2.05) is 29.3 Å². The van der Waals surface area contributed by atoms with E-state index in [0.29, 0.717) is 26.2 Å². The third-order valence-corrected chi connectivity index (χ3v) is 6.88. The van der Waals surface area contributed by atoms with Gasteiger partial charge >= 0.3 is 0 Å². The molecular formula is C27H30N4O2. The molecule has 6 nitrogen and oxygen atoms in total. The first kappa shape index (κ1) is 21.7. The van der Waals surface area contributed by atoms with Crippen molar-refractivity contribution in [2.45, 2.75) is 38.0 Å². The van der Waals surface area contributed by atoms with Crippen molar-refractivity contribution in [3.63, 3.8) is 0 Å². The van der Waals surface area contributed by atoms with Crippen molar-refractivity contribution in [2.75, 3.05) is 26.2 Å². The predicted molar refractivity (Wildman–Crippen MR) is 126 cm³/mol. The summed E-state index contributed by atoms with van der Waals surface area (Å²) in [5.74, 6) is 0.0112. The van der Waals surface area contributed by atoms with Gasteiger partial charge in [0, 0.05) is 63.4 Å². The Bertz CT molecular complexity index is 1070. The Labute approximate surface area is 195 Å². The Morgan fingerprint density at radius 3 is 2.45 bits per heavy atom. The molecular weight excluding hydrogens is 412 g/mol. The molecule has 0 radical (unpaired) electrons. The molecule has 5 rings (SSSR count). The molecule has 2 aliphatic rings. The number of hydrogen-bond donors (Lipinski definition) is 0. The Hall–Kier alpha value is -3.09. The van der Waals surface area contributed by atoms with Gasteiger partial charge in [0.15, 0.2) is 5.60 Å². The molecule has 0 bridgehead atoms. The number of aryl methyl sites for hydroxylation is 1. The number of aromatic nitrogens is 2. The molecule has 2 aliphatic heterocycles. The molecule has 2 unspecified atom stereocenters. The third-order valence-electron chi connectivity index (χ3n) is 6.88. The molecule has 2 fully saturated rings. The second-order valence-electron chi connectivity index (χ2n) is 9.00. The molecule has 170 valence electrons. The molecule has 1 spiro atoms. The van der Waals surface area contributed by atoms with E-state index in [9.17, 15) is 4.79 Å². The van der Waals surface area contributed by atoms with Crippen LogP contribution in [0.25, 0.3) is 0 Å². The van der Waals surface area contributed by atoms with Crippen molar-refractivity contribution < 1.29 is 9.53 Å². The van der Waals surface area contributed by atoms with E-state index in [4.69, 9.17) is 4.74 Å². The zero-order chi connectivity index (χ0) is 22.7. The number of pyridine rings is 2. The molecule has 2 aromatic heterocycles. The Kier molecular flexibility index (Phi) is 6.20. The quantitative estimate of drug-likeness (QED) is 0.585. The summed E-state index contributed by atoms with van der Waals surface area (Å²) >= 11 is 0. The van der Waals surface area contributed by atoms with E-state index >= 15 is 0 Å². The van der Waals surface area contributed by atoms with Gasteiger partial charge in [-0.2, -0.15) is 0 Å². The van der Waals surface area contributed by atoms with Crippen molar-refractivity contribution >= 4 is 5.91 Å².